The standard InChI is InChI=1S/C46H28N4S/c1-3-12-33(13-4-1)44-48-45(34-14-5-2-6-15-34)50-46(49-44)35-25-21-30(22-26-35)29-19-23-32(24-20-29)42-41-37-17-9-10-18-39(37)51-43(41)40-36-16-8-7-11-31(36)27-28-38(40)47-42/h1-28H. The lowest BCUT2D eigenvalue weighted by Gasteiger charge is -2.11. The van der Waals surface area contributed by atoms with Crippen molar-refractivity contribution in [2.75, 3.05) is 0 Å². The van der Waals surface area contributed by atoms with Gasteiger partial charge in [-0.1, -0.05) is 158 Å². The number of hydrogen-bond donors (Lipinski definition) is 0. The van der Waals surface area contributed by atoms with Crippen LogP contribution in [0, 0.1) is 0 Å². The van der Waals surface area contributed by atoms with Crippen LogP contribution in [0.1, 0.15) is 0 Å². The van der Waals surface area contributed by atoms with Crippen LogP contribution in [0.2, 0.25) is 0 Å². The maximum absolute atomic E-state index is 5.34. The summed E-state index contributed by atoms with van der Waals surface area (Å²) in [7, 11) is 0. The number of hydrogen-bond acceptors (Lipinski definition) is 5. The van der Waals surface area contributed by atoms with Gasteiger partial charge in [0.1, 0.15) is 0 Å². The molecule has 0 fully saturated rings. The zero-order valence-corrected chi connectivity index (χ0v) is 28.2. The molecule has 0 radical (unpaired) electrons. The third-order valence-electron chi connectivity index (χ3n) is 9.53. The molecule has 0 unspecified atom stereocenters. The van der Waals surface area contributed by atoms with Crippen molar-refractivity contribution in [1.82, 2.24) is 19.9 Å². The van der Waals surface area contributed by atoms with E-state index < -0.39 is 0 Å². The van der Waals surface area contributed by atoms with Crippen molar-refractivity contribution in [3.8, 4) is 56.5 Å². The minimum absolute atomic E-state index is 0.645. The van der Waals surface area contributed by atoms with E-state index in [0.717, 1.165) is 44.6 Å². The van der Waals surface area contributed by atoms with Gasteiger partial charge in [0, 0.05) is 47.8 Å². The van der Waals surface area contributed by atoms with Gasteiger partial charge in [0.15, 0.2) is 17.5 Å². The number of aromatic nitrogens is 4. The highest BCUT2D eigenvalue weighted by Gasteiger charge is 2.18. The second kappa shape index (κ2) is 12.1. The monoisotopic (exact) mass is 668 g/mol. The number of benzene rings is 7. The van der Waals surface area contributed by atoms with Crippen molar-refractivity contribution < 1.29 is 0 Å². The van der Waals surface area contributed by atoms with Crippen molar-refractivity contribution in [3.05, 3.63) is 170 Å². The first-order valence-electron chi connectivity index (χ1n) is 17.0. The quantitative estimate of drug-likeness (QED) is 0.171. The van der Waals surface area contributed by atoms with Crippen molar-refractivity contribution in [2.24, 2.45) is 0 Å². The molecule has 0 aliphatic rings. The highest BCUT2D eigenvalue weighted by atomic mass is 32.1. The normalized spacial score (nSPS) is 11.5. The van der Waals surface area contributed by atoms with Crippen LogP contribution in [0.25, 0.3) is 98.4 Å². The van der Waals surface area contributed by atoms with Gasteiger partial charge in [-0.15, -0.1) is 11.3 Å². The molecule has 0 aliphatic heterocycles. The van der Waals surface area contributed by atoms with Crippen LogP contribution in [-0.4, -0.2) is 19.9 Å². The van der Waals surface area contributed by atoms with Crippen LogP contribution in [0.4, 0.5) is 0 Å². The summed E-state index contributed by atoms with van der Waals surface area (Å²) >= 11 is 1.86. The Balaban J connectivity index is 1.04. The summed E-state index contributed by atoms with van der Waals surface area (Å²) in [4.78, 5) is 20.0. The predicted molar refractivity (Wildman–Crippen MR) is 213 cm³/mol. The van der Waals surface area contributed by atoms with E-state index in [4.69, 9.17) is 19.9 Å². The van der Waals surface area contributed by atoms with Crippen LogP contribution >= 0.6 is 11.3 Å². The lowest BCUT2D eigenvalue weighted by Crippen LogP contribution is -2.00. The molecule has 0 amide bonds. The van der Waals surface area contributed by atoms with Crippen LogP contribution < -0.4 is 0 Å². The number of thiophene rings is 1. The Bertz CT molecular complexity index is 2820. The van der Waals surface area contributed by atoms with E-state index in [2.05, 4.69) is 109 Å². The molecule has 51 heavy (non-hydrogen) atoms. The number of rotatable bonds is 5. The Hall–Kier alpha value is -6.56. The molecular weight excluding hydrogens is 641 g/mol. The first-order valence-corrected chi connectivity index (χ1v) is 17.8. The van der Waals surface area contributed by atoms with Crippen molar-refractivity contribution in [2.45, 2.75) is 0 Å². The van der Waals surface area contributed by atoms with Crippen LogP contribution in [0.15, 0.2) is 170 Å². The fourth-order valence-corrected chi connectivity index (χ4v) is 8.28. The summed E-state index contributed by atoms with van der Waals surface area (Å²) in [6.07, 6.45) is 0. The van der Waals surface area contributed by atoms with E-state index in [0.29, 0.717) is 17.5 Å². The molecule has 0 aliphatic carbocycles. The van der Waals surface area contributed by atoms with E-state index in [-0.39, 0.29) is 0 Å². The van der Waals surface area contributed by atoms with E-state index >= 15 is 0 Å². The fraction of sp³-hybridized carbons (Fsp3) is 0. The number of nitrogens with zero attached hydrogens (tertiary/aromatic N) is 4. The van der Waals surface area contributed by atoms with Crippen molar-refractivity contribution in [1.29, 1.82) is 0 Å². The molecule has 0 spiro atoms. The zero-order valence-electron chi connectivity index (χ0n) is 27.4. The molecule has 4 nitrogen and oxygen atoms in total. The largest absolute Gasteiger partial charge is 0.247 e. The van der Waals surface area contributed by atoms with Gasteiger partial charge < -0.3 is 0 Å². The smallest absolute Gasteiger partial charge is 0.164 e. The molecule has 10 aromatic rings. The van der Waals surface area contributed by atoms with Crippen LogP contribution in [0.5, 0.6) is 0 Å². The molecule has 0 N–H and O–H groups in total. The summed E-state index contributed by atoms with van der Waals surface area (Å²) in [6, 6.07) is 59.1. The third-order valence-corrected chi connectivity index (χ3v) is 10.7. The molecule has 5 heteroatoms. The topological polar surface area (TPSA) is 51.6 Å². The summed E-state index contributed by atoms with van der Waals surface area (Å²) in [5.41, 5.74) is 8.24. The molecule has 7 aromatic carbocycles. The van der Waals surface area contributed by atoms with Gasteiger partial charge in [0.2, 0.25) is 0 Å². The second-order valence-electron chi connectivity index (χ2n) is 12.6. The first-order chi connectivity index (χ1) is 25.3. The summed E-state index contributed by atoms with van der Waals surface area (Å²) in [5, 5.41) is 6.18. The molecule has 0 saturated carbocycles. The van der Waals surface area contributed by atoms with Gasteiger partial charge >= 0.3 is 0 Å². The lowest BCUT2D eigenvalue weighted by molar-refractivity contribution is 1.07. The Labute approximate surface area is 298 Å². The Morgan fingerprint density at radius 2 is 0.824 bits per heavy atom. The first kappa shape index (κ1) is 29.4. The van der Waals surface area contributed by atoms with Gasteiger partial charge in [-0.2, -0.15) is 0 Å². The number of pyridine rings is 1. The van der Waals surface area contributed by atoms with E-state index in [1.54, 1.807) is 0 Å². The molecule has 0 bridgehead atoms. The van der Waals surface area contributed by atoms with E-state index in [1.165, 1.54) is 36.3 Å². The molecule has 0 saturated heterocycles. The molecule has 3 heterocycles. The highest BCUT2D eigenvalue weighted by molar-refractivity contribution is 7.27. The molecule has 0 atom stereocenters. The number of fused-ring (bicyclic) bond motifs is 7. The predicted octanol–water partition coefficient (Wildman–Crippen LogP) is 12.3. The lowest BCUT2D eigenvalue weighted by atomic mass is 9.97. The fourth-order valence-electron chi connectivity index (χ4n) is 7.00. The van der Waals surface area contributed by atoms with E-state index in [1.807, 2.05) is 72.0 Å². The molecule has 238 valence electrons. The minimum Gasteiger partial charge on any atom is -0.247 e. The zero-order chi connectivity index (χ0) is 33.7. The van der Waals surface area contributed by atoms with Gasteiger partial charge in [0.05, 0.1) is 11.2 Å². The average molecular weight is 669 g/mol. The van der Waals surface area contributed by atoms with Gasteiger partial charge in [0.25, 0.3) is 0 Å². The molecular formula is C46H28N4S. The van der Waals surface area contributed by atoms with E-state index in [9.17, 15) is 0 Å². The summed E-state index contributed by atoms with van der Waals surface area (Å²) in [6.45, 7) is 0. The van der Waals surface area contributed by atoms with Gasteiger partial charge in [-0.3, -0.25) is 0 Å². The maximum Gasteiger partial charge on any atom is 0.164 e. The van der Waals surface area contributed by atoms with Crippen molar-refractivity contribution in [3.63, 3.8) is 0 Å². The van der Waals surface area contributed by atoms with Gasteiger partial charge in [-0.25, -0.2) is 19.9 Å². The Morgan fingerprint density at radius 3 is 1.45 bits per heavy atom. The molecule has 3 aromatic heterocycles. The maximum atomic E-state index is 5.34. The average Bonchev–Trinajstić information content (AvgIpc) is 3.61. The Morgan fingerprint density at radius 1 is 0.333 bits per heavy atom. The van der Waals surface area contributed by atoms with Crippen LogP contribution in [-0.2, 0) is 0 Å². The van der Waals surface area contributed by atoms with Crippen molar-refractivity contribution >= 4 is 53.2 Å². The summed E-state index contributed by atoms with van der Waals surface area (Å²) in [5.74, 6) is 1.95. The second-order valence-corrected chi connectivity index (χ2v) is 13.7. The SMILES string of the molecule is c1ccc(-c2nc(-c3ccccc3)nc(-c3ccc(-c4ccc(-c5nc6ccc7ccccc7c6c6sc7ccccc7c56)cc4)cc3)n2)cc1. The third kappa shape index (κ3) is 5.14. The summed E-state index contributed by atoms with van der Waals surface area (Å²) < 4.78 is 2.56. The minimum atomic E-state index is 0.645. The molecule has 10 rings (SSSR count). The Kier molecular flexibility index (Phi) is 6.96. The highest BCUT2D eigenvalue weighted by Crippen LogP contribution is 2.44. The van der Waals surface area contributed by atoms with Gasteiger partial charge in [-0.05, 0) is 34.0 Å². The van der Waals surface area contributed by atoms with Crippen LogP contribution in [0.3, 0.4) is 0 Å².